The molecule has 0 bridgehead atoms. The van der Waals surface area contributed by atoms with E-state index < -0.39 is 0 Å². The van der Waals surface area contributed by atoms with E-state index in [0.29, 0.717) is 5.92 Å². The summed E-state index contributed by atoms with van der Waals surface area (Å²) in [6.07, 6.45) is 3.65. The van der Waals surface area contributed by atoms with Crippen molar-refractivity contribution in [2.24, 2.45) is 0 Å². The second-order valence-electron chi connectivity index (χ2n) is 4.05. The van der Waals surface area contributed by atoms with Gasteiger partial charge in [-0.2, -0.15) is 5.10 Å². The molecule has 2 aromatic rings. The summed E-state index contributed by atoms with van der Waals surface area (Å²) in [4.78, 5) is 0. The summed E-state index contributed by atoms with van der Waals surface area (Å²) in [6, 6.07) is 8.34. The largest absolute Gasteiger partial charge is 0.281 e. The Hall–Kier alpha value is -1.31. The van der Waals surface area contributed by atoms with E-state index in [1.54, 1.807) is 0 Å². The zero-order chi connectivity index (χ0) is 10.7. The van der Waals surface area contributed by atoms with Gasteiger partial charge < -0.3 is 0 Å². The number of aromatic nitrogens is 2. The first kappa shape index (κ1) is 10.2. The van der Waals surface area contributed by atoms with Crippen molar-refractivity contribution in [3.63, 3.8) is 0 Å². The molecule has 0 aliphatic heterocycles. The van der Waals surface area contributed by atoms with E-state index in [0.717, 1.165) is 5.52 Å². The highest BCUT2D eigenvalue weighted by Crippen LogP contribution is 2.28. The van der Waals surface area contributed by atoms with Gasteiger partial charge in [0.2, 0.25) is 0 Å². The third-order valence-electron chi connectivity index (χ3n) is 3.03. The maximum absolute atomic E-state index is 4.34. The zero-order valence-corrected chi connectivity index (χ0v) is 9.46. The van der Waals surface area contributed by atoms with Crippen molar-refractivity contribution in [1.29, 1.82) is 0 Å². The molecule has 2 nitrogen and oxygen atoms in total. The van der Waals surface area contributed by atoms with Gasteiger partial charge in [0.1, 0.15) is 0 Å². The van der Waals surface area contributed by atoms with Crippen molar-refractivity contribution in [3.05, 3.63) is 30.0 Å². The fourth-order valence-corrected chi connectivity index (χ4v) is 2.19. The molecule has 80 valence electrons. The maximum Gasteiger partial charge on any atom is 0.0923 e. The van der Waals surface area contributed by atoms with Crippen LogP contribution in [0, 0.1) is 0 Å². The number of nitrogens with zero attached hydrogens (tertiary/aromatic N) is 1. The second-order valence-corrected chi connectivity index (χ2v) is 4.05. The summed E-state index contributed by atoms with van der Waals surface area (Å²) >= 11 is 0. The summed E-state index contributed by atoms with van der Waals surface area (Å²) in [5.41, 5.74) is 2.40. The maximum atomic E-state index is 4.34. The zero-order valence-electron chi connectivity index (χ0n) is 9.46. The van der Waals surface area contributed by atoms with Crippen LogP contribution in [0.25, 0.3) is 10.9 Å². The molecule has 2 rings (SSSR count). The molecule has 0 saturated heterocycles. The van der Waals surface area contributed by atoms with Gasteiger partial charge in [-0.05, 0) is 18.9 Å². The Bertz CT molecular complexity index is 431. The number of nitrogens with one attached hydrogen (secondary N) is 1. The fraction of sp³-hybridized carbons (Fsp3) is 0.462. The van der Waals surface area contributed by atoms with Crippen molar-refractivity contribution < 1.29 is 0 Å². The van der Waals surface area contributed by atoms with Crippen molar-refractivity contribution >= 4 is 10.9 Å². The van der Waals surface area contributed by atoms with E-state index in [9.17, 15) is 0 Å². The van der Waals surface area contributed by atoms with Crippen LogP contribution in [0.2, 0.25) is 0 Å². The van der Waals surface area contributed by atoms with Crippen LogP contribution in [0.3, 0.4) is 0 Å². The molecule has 1 aromatic heterocycles. The van der Waals surface area contributed by atoms with Gasteiger partial charge >= 0.3 is 0 Å². The molecule has 1 unspecified atom stereocenters. The van der Waals surface area contributed by atoms with Crippen LogP contribution < -0.4 is 0 Å². The Morgan fingerprint density at radius 1 is 1.27 bits per heavy atom. The van der Waals surface area contributed by atoms with Gasteiger partial charge in [0, 0.05) is 17.0 Å². The molecule has 1 atom stereocenters. The molecule has 0 spiro atoms. The number of hydrogen-bond donors (Lipinski definition) is 1. The lowest BCUT2D eigenvalue weighted by Gasteiger charge is -2.11. The average molecular weight is 202 g/mol. The molecular formula is C13H18N2. The minimum absolute atomic E-state index is 0.627. The summed E-state index contributed by atoms with van der Waals surface area (Å²) in [5, 5.41) is 8.83. The summed E-state index contributed by atoms with van der Waals surface area (Å²) in [6.45, 7) is 4.48. The number of aromatic amines is 1. The Morgan fingerprint density at radius 3 is 2.80 bits per heavy atom. The van der Waals surface area contributed by atoms with Gasteiger partial charge in [0.15, 0.2) is 0 Å². The predicted molar refractivity (Wildman–Crippen MR) is 64.0 cm³/mol. The van der Waals surface area contributed by atoms with Crippen molar-refractivity contribution in [1.82, 2.24) is 10.2 Å². The van der Waals surface area contributed by atoms with Gasteiger partial charge in [-0.15, -0.1) is 0 Å². The first-order chi connectivity index (χ1) is 7.36. The van der Waals surface area contributed by atoms with Crippen LogP contribution in [-0.2, 0) is 0 Å². The normalized spacial score (nSPS) is 13.2. The standard InChI is InChI=1S/C13H18N2/c1-3-7-10(4-2)13-11-8-5-6-9-12(11)14-15-13/h5-6,8-10H,3-4,7H2,1-2H3,(H,14,15). The molecule has 1 heterocycles. The fourth-order valence-electron chi connectivity index (χ4n) is 2.19. The molecule has 0 aliphatic carbocycles. The summed E-state index contributed by atoms with van der Waals surface area (Å²) in [5.74, 6) is 0.627. The predicted octanol–water partition coefficient (Wildman–Crippen LogP) is 3.86. The minimum Gasteiger partial charge on any atom is -0.281 e. The Kier molecular flexibility index (Phi) is 3.05. The van der Waals surface area contributed by atoms with E-state index in [1.807, 2.05) is 6.07 Å². The summed E-state index contributed by atoms with van der Waals surface area (Å²) in [7, 11) is 0. The molecule has 2 heteroatoms. The van der Waals surface area contributed by atoms with E-state index in [-0.39, 0.29) is 0 Å². The number of para-hydroxylation sites is 1. The monoisotopic (exact) mass is 202 g/mol. The smallest absolute Gasteiger partial charge is 0.0923 e. The van der Waals surface area contributed by atoms with Crippen LogP contribution in [0.15, 0.2) is 24.3 Å². The van der Waals surface area contributed by atoms with Crippen LogP contribution in [0.1, 0.15) is 44.7 Å². The van der Waals surface area contributed by atoms with Gasteiger partial charge in [0.05, 0.1) is 5.52 Å². The van der Waals surface area contributed by atoms with Crippen LogP contribution in [0.5, 0.6) is 0 Å². The number of fused-ring (bicyclic) bond motifs is 1. The highest BCUT2D eigenvalue weighted by molar-refractivity contribution is 5.81. The van der Waals surface area contributed by atoms with Gasteiger partial charge in [-0.25, -0.2) is 0 Å². The van der Waals surface area contributed by atoms with Crippen molar-refractivity contribution in [2.45, 2.75) is 39.0 Å². The van der Waals surface area contributed by atoms with Gasteiger partial charge in [-0.1, -0.05) is 38.5 Å². The number of rotatable bonds is 4. The average Bonchev–Trinajstić information content (AvgIpc) is 2.70. The Labute approximate surface area is 90.7 Å². The van der Waals surface area contributed by atoms with Gasteiger partial charge in [0.25, 0.3) is 0 Å². The lowest BCUT2D eigenvalue weighted by Crippen LogP contribution is -1.97. The van der Waals surface area contributed by atoms with Crippen LogP contribution >= 0.6 is 0 Å². The number of H-pyrrole nitrogens is 1. The molecule has 0 amide bonds. The molecule has 0 radical (unpaired) electrons. The van der Waals surface area contributed by atoms with E-state index >= 15 is 0 Å². The van der Waals surface area contributed by atoms with E-state index in [2.05, 4.69) is 42.2 Å². The molecule has 1 aromatic carbocycles. The minimum atomic E-state index is 0.627. The molecular weight excluding hydrogens is 184 g/mol. The first-order valence-electron chi connectivity index (χ1n) is 5.79. The van der Waals surface area contributed by atoms with Gasteiger partial charge in [-0.3, -0.25) is 5.10 Å². The van der Waals surface area contributed by atoms with Crippen LogP contribution in [-0.4, -0.2) is 10.2 Å². The lowest BCUT2D eigenvalue weighted by molar-refractivity contribution is 0.583. The topological polar surface area (TPSA) is 28.7 Å². The Morgan fingerprint density at radius 2 is 2.07 bits per heavy atom. The quantitative estimate of drug-likeness (QED) is 0.801. The number of hydrogen-bond acceptors (Lipinski definition) is 1. The number of benzene rings is 1. The van der Waals surface area contributed by atoms with Crippen molar-refractivity contribution in [3.8, 4) is 0 Å². The van der Waals surface area contributed by atoms with Crippen molar-refractivity contribution in [2.75, 3.05) is 0 Å². The Balaban J connectivity index is 2.41. The SMILES string of the molecule is CCCC(CC)c1[nH]nc2ccccc12. The van der Waals surface area contributed by atoms with E-state index in [1.165, 1.54) is 30.3 Å². The highest BCUT2D eigenvalue weighted by Gasteiger charge is 2.13. The molecule has 0 aliphatic rings. The lowest BCUT2D eigenvalue weighted by atomic mass is 9.95. The molecule has 15 heavy (non-hydrogen) atoms. The third kappa shape index (κ3) is 1.89. The first-order valence-corrected chi connectivity index (χ1v) is 5.79. The molecule has 1 N–H and O–H groups in total. The molecule has 0 saturated carbocycles. The third-order valence-corrected chi connectivity index (χ3v) is 3.03. The highest BCUT2D eigenvalue weighted by atomic mass is 15.1. The van der Waals surface area contributed by atoms with Crippen LogP contribution in [0.4, 0.5) is 0 Å². The second kappa shape index (κ2) is 4.47. The van der Waals surface area contributed by atoms with E-state index in [4.69, 9.17) is 0 Å². The molecule has 0 fully saturated rings. The summed E-state index contributed by atoms with van der Waals surface area (Å²) < 4.78 is 0.